The number of amides is 2. The zero-order valence-corrected chi connectivity index (χ0v) is 13.2. The second-order valence-electron chi connectivity index (χ2n) is 6.27. The third kappa shape index (κ3) is 2.82. The molecule has 7 heteroatoms. The molecule has 6 nitrogen and oxygen atoms in total. The minimum atomic E-state index is -0.523. The van der Waals surface area contributed by atoms with Gasteiger partial charge in [0.15, 0.2) is 0 Å². The van der Waals surface area contributed by atoms with Crippen molar-refractivity contribution in [2.24, 2.45) is 0 Å². The molecule has 1 saturated heterocycles. The number of hydrogen-bond acceptors (Lipinski definition) is 6. The Morgan fingerprint density at radius 1 is 1.35 bits per heavy atom. The van der Waals surface area contributed by atoms with Crippen molar-refractivity contribution in [2.75, 3.05) is 5.32 Å². The summed E-state index contributed by atoms with van der Waals surface area (Å²) in [5, 5.41) is 3.62. The van der Waals surface area contributed by atoms with Gasteiger partial charge in [0.1, 0.15) is 11.9 Å². The van der Waals surface area contributed by atoms with Gasteiger partial charge in [-0.25, -0.2) is 4.98 Å². The summed E-state index contributed by atoms with van der Waals surface area (Å²) in [6.45, 7) is 9.76. The van der Waals surface area contributed by atoms with Gasteiger partial charge in [0.05, 0.1) is 6.42 Å². The lowest BCUT2D eigenvalue weighted by atomic mass is 9.96. The summed E-state index contributed by atoms with van der Waals surface area (Å²) in [4.78, 5) is 29.7. The summed E-state index contributed by atoms with van der Waals surface area (Å²) in [7, 11) is 0. The smallest absolute Gasteiger partial charge is 0.252 e. The van der Waals surface area contributed by atoms with Gasteiger partial charge in [-0.05, 0) is 13.8 Å². The number of imide groups is 1. The van der Waals surface area contributed by atoms with Gasteiger partial charge in [-0.2, -0.15) is 4.37 Å². The highest BCUT2D eigenvalue weighted by Gasteiger charge is 2.40. The quantitative estimate of drug-likeness (QED) is 0.861. The van der Waals surface area contributed by atoms with Crippen LogP contribution in [0.3, 0.4) is 0 Å². The Kier molecular flexibility index (Phi) is 3.82. The molecule has 2 amide bonds. The fourth-order valence-corrected chi connectivity index (χ4v) is 2.85. The van der Waals surface area contributed by atoms with E-state index in [2.05, 4.69) is 14.7 Å². The van der Waals surface area contributed by atoms with Crippen molar-refractivity contribution in [3.63, 3.8) is 0 Å². The Balaban J connectivity index is 2.10. The summed E-state index contributed by atoms with van der Waals surface area (Å²) in [6.07, 6.45) is 0.182. The summed E-state index contributed by atoms with van der Waals surface area (Å²) in [5.41, 5.74) is -0.129. The lowest BCUT2D eigenvalue weighted by Crippen LogP contribution is -2.39. The molecule has 0 aliphatic carbocycles. The Morgan fingerprint density at radius 2 is 2.00 bits per heavy atom. The number of nitrogens with zero attached hydrogens (tertiary/aromatic N) is 3. The maximum absolute atomic E-state index is 12.2. The number of likely N-dealkylation sites (tertiary alicyclic amines) is 1. The first kappa shape index (κ1) is 14.9. The van der Waals surface area contributed by atoms with Crippen LogP contribution in [0.25, 0.3) is 0 Å². The van der Waals surface area contributed by atoms with E-state index in [1.165, 1.54) is 16.4 Å². The zero-order chi connectivity index (χ0) is 15.1. The van der Waals surface area contributed by atoms with E-state index >= 15 is 0 Å². The average Bonchev–Trinajstić information content (AvgIpc) is 2.84. The van der Waals surface area contributed by atoms with Crippen LogP contribution in [-0.4, -0.2) is 38.2 Å². The van der Waals surface area contributed by atoms with Gasteiger partial charge in [0.2, 0.25) is 11.0 Å². The lowest BCUT2D eigenvalue weighted by molar-refractivity contribution is -0.140. The van der Waals surface area contributed by atoms with Crippen molar-refractivity contribution in [3.05, 3.63) is 5.82 Å². The predicted octanol–water partition coefficient (Wildman–Crippen LogP) is 1.78. The van der Waals surface area contributed by atoms with Gasteiger partial charge in [0.25, 0.3) is 5.91 Å². The van der Waals surface area contributed by atoms with Crippen molar-refractivity contribution >= 4 is 28.5 Å². The molecule has 1 fully saturated rings. The molecule has 1 atom stereocenters. The van der Waals surface area contributed by atoms with Gasteiger partial charge >= 0.3 is 0 Å². The SMILES string of the molecule is CC(C)N1C(=O)CC(Nc2nc(C(C)(C)C)ns2)C1=O. The van der Waals surface area contributed by atoms with Crippen molar-refractivity contribution in [1.29, 1.82) is 0 Å². The Hall–Kier alpha value is -1.50. The van der Waals surface area contributed by atoms with Gasteiger partial charge < -0.3 is 5.32 Å². The van der Waals surface area contributed by atoms with E-state index in [1.807, 2.05) is 34.6 Å². The van der Waals surface area contributed by atoms with Crippen molar-refractivity contribution in [1.82, 2.24) is 14.3 Å². The van der Waals surface area contributed by atoms with Crippen LogP contribution >= 0.6 is 11.5 Å². The molecule has 0 bridgehead atoms. The third-order valence-electron chi connectivity index (χ3n) is 3.09. The van der Waals surface area contributed by atoms with E-state index in [1.54, 1.807) is 0 Å². The fraction of sp³-hybridized carbons (Fsp3) is 0.692. The number of anilines is 1. The molecule has 0 saturated carbocycles. The average molecular weight is 296 g/mol. The number of hydrogen-bond donors (Lipinski definition) is 1. The van der Waals surface area contributed by atoms with Crippen LogP contribution in [0.15, 0.2) is 0 Å². The largest absolute Gasteiger partial charge is 0.348 e. The number of carbonyl (C=O) groups excluding carboxylic acids is 2. The molecule has 0 radical (unpaired) electrons. The van der Waals surface area contributed by atoms with Crippen LogP contribution in [0.5, 0.6) is 0 Å². The molecule has 1 aromatic rings. The maximum atomic E-state index is 12.2. The molecule has 0 spiro atoms. The van der Waals surface area contributed by atoms with Crippen molar-refractivity contribution in [2.45, 2.75) is 58.5 Å². The molecule has 110 valence electrons. The van der Waals surface area contributed by atoms with Crippen LogP contribution in [-0.2, 0) is 15.0 Å². The first-order valence-corrected chi connectivity index (χ1v) is 7.44. The monoisotopic (exact) mass is 296 g/mol. The lowest BCUT2D eigenvalue weighted by Gasteiger charge is -2.18. The van der Waals surface area contributed by atoms with Crippen LogP contribution in [0.2, 0.25) is 0 Å². The Labute approximate surface area is 122 Å². The highest BCUT2D eigenvalue weighted by atomic mass is 32.1. The molecule has 0 aromatic carbocycles. The molecule has 2 heterocycles. The maximum Gasteiger partial charge on any atom is 0.252 e. The molecule has 2 rings (SSSR count). The normalized spacial score (nSPS) is 20.1. The van der Waals surface area contributed by atoms with Crippen molar-refractivity contribution < 1.29 is 9.59 Å². The summed E-state index contributed by atoms with van der Waals surface area (Å²) >= 11 is 1.22. The number of aromatic nitrogens is 2. The summed E-state index contributed by atoms with van der Waals surface area (Å²) in [6, 6.07) is -0.632. The second kappa shape index (κ2) is 5.12. The number of nitrogens with one attached hydrogen (secondary N) is 1. The molecule has 1 unspecified atom stereocenters. The molecule has 20 heavy (non-hydrogen) atoms. The minimum absolute atomic E-state index is 0.110. The van der Waals surface area contributed by atoms with E-state index in [4.69, 9.17) is 0 Å². The minimum Gasteiger partial charge on any atom is -0.348 e. The van der Waals surface area contributed by atoms with Crippen LogP contribution in [0, 0.1) is 0 Å². The Morgan fingerprint density at radius 3 is 2.45 bits per heavy atom. The molecule has 1 aliphatic rings. The summed E-state index contributed by atoms with van der Waals surface area (Å²) < 4.78 is 4.29. The van der Waals surface area contributed by atoms with Gasteiger partial charge in [-0.15, -0.1) is 0 Å². The van der Waals surface area contributed by atoms with Crippen molar-refractivity contribution in [3.8, 4) is 0 Å². The Bertz CT molecular complexity index is 533. The van der Waals surface area contributed by atoms with E-state index in [0.717, 1.165) is 5.82 Å². The van der Waals surface area contributed by atoms with Gasteiger partial charge in [-0.3, -0.25) is 14.5 Å². The fourth-order valence-electron chi connectivity index (χ4n) is 2.04. The summed E-state index contributed by atoms with van der Waals surface area (Å²) in [5.74, 6) is 0.419. The van der Waals surface area contributed by atoms with Gasteiger partial charge in [0, 0.05) is 23.0 Å². The first-order valence-electron chi connectivity index (χ1n) is 6.67. The topological polar surface area (TPSA) is 75.2 Å². The van der Waals surface area contributed by atoms with E-state index in [0.29, 0.717) is 5.13 Å². The van der Waals surface area contributed by atoms with Gasteiger partial charge in [-0.1, -0.05) is 20.8 Å². The van der Waals surface area contributed by atoms with E-state index < -0.39 is 6.04 Å². The van der Waals surface area contributed by atoms with E-state index in [9.17, 15) is 9.59 Å². The van der Waals surface area contributed by atoms with Crippen LogP contribution < -0.4 is 5.32 Å². The molecule has 1 aromatic heterocycles. The second-order valence-corrected chi connectivity index (χ2v) is 7.02. The number of carbonyl (C=O) groups is 2. The molecular weight excluding hydrogens is 276 g/mol. The highest BCUT2D eigenvalue weighted by Crippen LogP contribution is 2.25. The predicted molar refractivity (Wildman–Crippen MR) is 77.6 cm³/mol. The molecule has 1 aliphatic heterocycles. The van der Waals surface area contributed by atoms with E-state index in [-0.39, 0.29) is 29.7 Å². The van der Waals surface area contributed by atoms with Crippen LogP contribution in [0.1, 0.15) is 46.9 Å². The highest BCUT2D eigenvalue weighted by molar-refractivity contribution is 7.09. The van der Waals surface area contributed by atoms with Crippen LogP contribution in [0.4, 0.5) is 5.13 Å². The zero-order valence-electron chi connectivity index (χ0n) is 12.4. The molecular formula is C13H20N4O2S. The molecule has 1 N–H and O–H groups in total. The standard InChI is InChI=1S/C13H20N4O2S/c1-7(2)17-9(18)6-8(10(17)19)14-12-15-11(16-20-12)13(3,4)5/h7-8H,6H2,1-5H3,(H,14,15,16). The number of rotatable bonds is 3. The third-order valence-corrected chi connectivity index (χ3v) is 3.74. The first-order chi connectivity index (χ1) is 9.20.